The van der Waals surface area contributed by atoms with Crippen LogP contribution in [0.1, 0.15) is 18.9 Å². The van der Waals surface area contributed by atoms with E-state index < -0.39 is 11.5 Å². The maximum atomic E-state index is 9.96. The van der Waals surface area contributed by atoms with Gasteiger partial charge in [-0.05, 0) is 18.1 Å². The molecule has 0 fully saturated rings. The maximum Gasteiger partial charge on any atom is 0.122 e. The van der Waals surface area contributed by atoms with Crippen LogP contribution < -0.4 is 4.74 Å². The van der Waals surface area contributed by atoms with Crippen LogP contribution in [0.3, 0.4) is 0 Å². The monoisotopic (exact) mass is 217 g/mol. The molecule has 0 aromatic heterocycles. The number of rotatable bonds is 2. The summed E-state index contributed by atoms with van der Waals surface area (Å²) in [6.45, 7) is 2.15. The van der Waals surface area contributed by atoms with Crippen LogP contribution in [0.2, 0.25) is 0 Å². The van der Waals surface area contributed by atoms with E-state index in [0.717, 1.165) is 11.3 Å². The lowest BCUT2D eigenvalue weighted by atomic mass is 9.76. The van der Waals surface area contributed by atoms with E-state index in [4.69, 9.17) is 4.74 Å². The highest BCUT2D eigenvalue weighted by molar-refractivity contribution is 5.37. The molecule has 0 amide bonds. The van der Waals surface area contributed by atoms with E-state index in [1.807, 2.05) is 31.2 Å². The molecule has 2 unspecified atom stereocenters. The minimum atomic E-state index is -0.789. The fraction of sp³-hybridized carbons (Fsp3) is 0.462. The molecule has 0 bridgehead atoms. The molecule has 0 aliphatic carbocycles. The Morgan fingerprint density at radius 1 is 1.56 bits per heavy atom. The van der Waals surface area contributed by atoms with Gasteiger partial charge in [-0.3, -0.25) is 0 Å². The summed E-state index contributed by atoms with van der Waals surface area (Å²) in [7, 11) is 0. The Kier molecular flexibility index (Phi) is 2.84. The van der Waals surface area contributed by atoms with Gasteiger partial charge in [-0.2, -0.15) is 5.26 Å². The molecule has 16 heavy (non-hydrogen) atoms. The number of para-hydroxylation sites is 1. The first kappa shape index (κ1) is 11.0. The zero-order valence-corrected chi connectivity index (χ0v) is 9.31. The molecule has 1 aliphatic heterocycles. The van der Waals surface area contributed by atoms with E-state index in [1.165, 1.54) is 0 Å². The van der Waals surface area contributed by atoms with Crippen LogP contribution >= 0.6 is 0 Å². The van der Waals surface area contributed by atoms with E-state index in [-0.39, 0.29) is 6.61 Å². The number of aliphatic hydroxyl groups is 1. The fourth-order valence-electron chi connectivity index (χ4n) is 2.14. The molecule has 2 atom stereocenters. The Bertz CT molecular complexity index is 424. The van der Waals surface area contributed by atoms with Crippen LogP contribution in [-0.4, -0.2) is 17.8 Å². The van der Waals surface area contributed by atoms with Crippen molar-refractivity contribution in [2.75, 3.05) is 6.61 Å². The normalized spacial score (nSPS) is 25.1. The topological polar surface area (TPSA) is 53.2 Å². The third-order valence-electron chi connectivity index (χ3n) is 3.21. The second-order valence-corrected chi connectivity index (χ2v) is 4.27. The molecule has 1 aromatic carbocycles. The molecular weight excluding hydrogens is 202 g/mol. The molecule has 0 radical (unpaired) electrons. The van der Waals surface area contributed by atoms with Crippen molar-refractivity contribution in [3.05, 3.63) is 29.8 Å². The van der Waals surface area contributed by atoms with Crippen LogP contribution in [-0.2, 0) is 6.42 Å². The summed E-state index contributed by atoms with van der Waals surface area (Å²) in [5.41, 5.74) is 0.214. The third-order valence-corrected chi connectivity index (χ3v) is 3.21. The van der Waals surface area contributed by atoms with Crippen molar-refractivity contribution < 1.29 is 9.84 Å². The first-order valence-electron chi connectivity index (χ1n) is 5.52. The average molecular weight is 217 g/mol. The molecule has 1 aliphatic rings. The smallest absolute Gasteiger partial charge is 0.122 e. The van der Waals surface area contributed by atoms with E-state index in [0.29, 0.717) is 12.8 Å². The van der Waals surface area contributed by atoms with Crippen LogP contribution in [0.4, 0.5) is 0 Å². The number of hydrogen-bond acceptors (Lipinski definition) is 3. The zero-order valence-electron chi connectivity index (χ0n) is 9.31. The van der Waals surface area contributed by atoms with Crippen LogP contribution in [0, 0.1) is 16.7 Å². The number of nitriles is 1. The SMILES string of the molecule is CCC(O)C1(C#N)COc2ccccc2C1. The van der Waals surface area contributed by atoms with Gasteiger partial charge in [-0.15, -0.1) is 0 Å². The standard InChI is InChI=1S/C13H15NO2/c1-2-12(15)13(8-14)7-10-5-3-4-6-11(10)16-9-13/h3-6,12,15H,2,7,9H2,1H3. The predicted octanol–water partition coefficient (Wildman–Crippen LogP) is 1.90. The summed E-state index contributed by atoms with van der Waals surface area (Å²) in [6, 6.07) is 9.91. The lowest BCUT2D eigenvalue weighted by molar-refractivity contribution is 0.0164. The maximum absolute atomic E-state index is 9.96. The second kappa shape index (κ2) is 4.15. The number of nitrogens with zero attached hydrogens (tertiary/aromatic N) is 1. The first-order chi connectivity index (χ1) is 7.72. The van der Waals surface area contributed by atoms with Gasteiger partial charge in [0, 0.05) is 6.42 Å². The molecule has 84 valence electrons. The Morgan fingerprint density at radius 3 is 3.00 bits per heavy atom. The summed E-state index contributed by atoms with van der Waals surface area (Å²) in [4.78, 5) is 0. The number of fused-ring (bicyclic) bond motifs is 1. The number of hydrogen-bond donors (Lipinski definition) is 1. The summed E-state index contributed by atoms with van der Waals surface area (Å²) in [5, 5.41) is 19.2. The molecule has 0 spiro atoms. The Balaban J connectivity index is 2.33. The van der Waals surface area contributed by atoms with Gasteiger partial charge < -0.3 is 9.84 Å². The van der Waals surface area contributed by atoms with Crippen LogP contribution in [0.15, 0.2) is 24.3 Å². The van der Waals surface area contributed by atoms with Crippen molar-refractivity contribution in [3.8, 4) is 11.8 Å². The van der Waals surface area contributed by atoms with Crippen molar-refractivity contribution in [1.82, 2.24) is 0 Å². The molecule has 1 aromatic rings. The first-order valence-corrected chi connectivity index (χ1v) is 5.52. The lowest BCUT2D eigenvalue weighted by Crippen LogP contribution is -2.43. The Hall–Kier alpha value is -1.53. The van der Waals surface area contributed by atoms with Gasteiger partial charge in [-0.25, -0.2) is 0 Å². The fourth-order valence-corrected chi connectivity index (χ4v) is 2.14. The predicted molar refractivity (Wildman–Crippen MR) is 60.0 cm³/mol. The van der Waals surface area contributed by atoms with Gasteiger partial charge in [0.1, 0.15) is 17.8 Å². The van der Waals surface area contributed by atoms with Crippen molar-refractivity contribution in [3.63, 3.8) is 0 Å². The quantitative estimate of drug-likeness (QED) is 0.823. The van der Waals surface area contributed by atoms with Crippen LogP contribution in [0.5, 0.6) is 5.75 Å². The van der Waals surface area contributed by atoms with E-state index in [1.54, 1.807) is 0 Å². The molecule has 2 rings (SSSR count). The molecule has 0 saturated carbocycles. The summed E-state index contributed by atoms with van der Waals surface area (Å²) in [6.07, 6.45) is 0.499. The largest absolute Gasteiger partial charge is 0.492 e. The molecule has 3 heteroatoms. The summed E-state index contributed by atoms with van der Waals surface area (Å²) in [5.74, 6) is 0.830. The second-order valence-electron chi connectivity index (χ2n) is 4.27. The van der Waals surface area contributed by atoms with Crippen LogP contribution in [0.25, 0.3) is 0 Å². The highest BCUT2D eigenvalue weighted by Crippen LogP contribution is 2.37. The van der Waals surface area contributed by atoms with Gasteiger partial charge in [0.25, 0.3) is 0 Å². The summed E-state index contributed by atoms with van der Waals surface area (Å²) >= 11 is 0. The minimum absolute atomic E-state index is 0.273. The third kappa shape index (κ3) is 1.66. The van der Waals surface area contributed by atoms with Crippen molar-refractivity contribution in [2.45, 2.75) is 25.9 Å². The lowest BCUT2D eigenvalue weighted by Gasteiger charge is -2.35. The van der Waals surface area contributed by atoms with E-state index >= 15 is 0 Å². The number of benzene rings is 1. The van der Waals surface area contributed by atoms with E-state index in [2.05, 4.69) is 6.07 Å². The molecule has 0 saturated heterocycles. The van der Waals surface area contributed by atoms with Gasteiger partial charge in [0.2, 0.25) is 0 Å². The van der Waals surface area contributed by atoms with Crippen molar-refractivity contribution >= 4 is 0 Å². The number of aliphatic hydroxyl groups excluding tert-OH is 1. The molecule has 3 nitrogen and oxygen atoms in total. The molecule has 1 heterocycles. The minimum Gasteiger partial charge on any atom is -0.492 e. The highest BCUT2D eigenvalue weighted by Gasteiger charge is 2.41. The Morgan fingerprint density at radius 2 is 2.31 bits per heavy atom. The van der Waals surface area contributed by atoms with E-state index in [9.17, 15) is 10.4 Å². The van der Waals surface area contributed by atoms with Crippen molar-refractivity contribution in [2.24, 2.45) is 5.41 Å². The molecule has 1 N–H and O–H groups in total. The van der Waals surface area contributed by atoms with Gasteiger partial charge in [0.05, 0.1) is 12.2 Å². The molecular formula is C13H15NO2. The van der Waals surface area contributed by atoms with Gasteiger partial charge >= 0.3 is 0 Å². The highest BCUT2D eigenvalue weighted by atomic mass is 16.5. The van der Waals surface area contributed by atoms with Gasteiger partial charge in [0.15, 0.2) is 0 Å². The number of ether oxygens (including phenoxy) is 1. The summed E-state index contributed by atoms with van der Waals surface area (Å²) < 4.78 is 5.57. The zero-order chi connectivity index (χ0) is 11.6. The van der Waals surface area contributed by atoms with Crippen molar-refractivity contribution in [1.29, 1.82) is 5.26 Å². The average Bonchev–Trinajstić information content (AvgIpc) is 2.37. The van der Waals surface area contributed by atoms with Gasteiger partial charge in [-0.1, -0.05) is 25.1 Å². The Labute approximate surface area is 95.3 Å².